The molecule has 1 saturated heterocycles. The van der Waals surface area contributed by atoms with Crippen LogP contribution in [0.3, 0.4) is 0 Å². The van der Waals surface area contributed by atoms with Crippen LogP contribution in [0.25, 0.3) is 22.6 Å². The molecule has 1 aromatic heterocycles. The summed E-state index contributed by atoms with van der Waals surface area (Å²) in [5.74, 6) is 0.244. The number of halogens is 4. The van der Waals surface area contributed by atoms with Gasteiger partial charge in [-0.1, -0.05) is 68.9 Å². The summed E-state index contributed by atoms with van der Waals surface area (Å²) in [5, 5.41) is 1.63. The topological polar surface area (TPSA) is 49.6 Å². The molecule has 0 spiro atoms. The maximum absolute atomic E-state index is 13.4. The Morgan fingerprint density at radius 2 is 1.60 bits per heavy atom. The van der Waals surface area contributed by atoms with Gasteiger partial charge < -0.3 is 14.2 Å². The zero-order valence-corrected chi connectivity index (χ0v) is 22.2. The van der Waals surface area contributed by atoms with E-state index in [1.165, 1.54) is 0 Å². The van der Waals surface area contributed by atoms with Crippen molar-refractivity contribution in [3.8, 4) is 22.6 Å². The minimum absolute atomic E-state index is 0.0279. The molecule has 9 heteroatoms. The Morgan fingerprint density at radius 3 is 2.29 bits per heavy atom. The fraction of sp³-hybridized carbons (Fsp3) is 0.154. The molecule has 5 nitrogen and oxygen atoms in total. The molecule has 0 atom stereocenters. The van der Waals surface area contributed by atoms with E-state index >= 15 is 0 Å². The van der Waals surface area contributed by atoms with Gasteiger partial charge in [-0.2, -0.15) is 0 Å². The molecule has 1 amide bonds. The third-order valence-electron chi connectivity index (χ3n) is 5.84. The number of hydrogen-bond acceptors (Lipinski definition) is 4. The minimum Gasteiger partial charge on any atom is -0.432 e. The number of oxazole rings is 1. The second-order valence-corrected chi connectivity index (χ2v) is 10.3. The highest BCUT2D eigenvalue weighted by atomic mass is 79.9. The lowest BCUT2D eigenvalue weighted by molar-refractivity contribution is 0.0707. The molecule has 2 heterocycles. The molecule has 1 fully saturated rings. The first-order chi connectivity index (χ1) is 16.9. The van der Waals surface area contributed by atoms with Crippen LogP contribution >= 0.6 is 50.7 Å². The van der Waals surface area contributed by atoms with Crippen LogP contribution in [0.15, 0.2) is 75.6 Å². The first-order valence-electron chi connectivity index (χ1n) is 10.9. The van der Waals surface area contributed by atoms with E-state index in [9.17, 15) is 4.79 Å². The van der Waals surface area contributed by atoms with Crippen LogP contribution in [0.1, 0.15) is 10.7 Å². The van der Waals surface area contributed by atoms with Crippen molar-refractivity contribution < 1.29 is 9.21 Å². The number of carbonyl (C=O) groups excluding carboxylic acids is 1. The second-order valence-electron chi connectivity index (χ2n) is 8.09. The number of benzene rings is 3. The van der Waals surface area contributed by atoms with E-state index < -0.39 is 0 Å². The molecule has 0 saturated carbocycles. The van der Waals surface area contributed by atoms with Crippen molar-refractivity contribution in [2.24, 2.45) is 0 Å². The van der Waals surface area contributed by atoms with Gasteiger partial charge in [-0.15, -0.1) is 0 Å². The summed E-state index contributed by atoms with van der Waals surface area (Å²) in [4.78, 5) is 22.0. The third kappa shape index (κ3) is 5.21. The normalized spacial score (nSPS) is 13.8. The van der Waals surface area contributed by atoms with Crippen LogP contribution < -0.4 is 4.90 Å². The number of carbonyl (C=O) groups is 1. The molecular weight excluding hydrogens is 573 g/mol. The maximum atomic E-state index is 13.4. The fourth-order valence-electron chi connectivity index (χ4n) is 4.05. The Labute approximate surface area is 226 Å². The number of rotatable bonds is 4. The molecule has 0 bridgehead atoms. The summed E-state index contributed by atoms with van der Waals surface area (Å²) in [6.07, 6.45) is 0. The fourth-order valence-corrected chi connectivity index (χ4v) is 5.00. The van der Waals surface area contributed by atoms with E-state index in [4.69, 9.17) is 39.2 Å². The van der Waals surface area contributed by atoms with Crippen molar-refractivity contribution >= 4 is 62.3 Å². The van der Waals surface area contributed by atoms with E-state index in [2.05, 4.69) is 25.8 Å². The van der Waals surface area contributed by atoms with Gasteiger partial charge in [0, 0.05) is 57.5 Å². The van der Waals surface area contributed by atoms with Crippen LogP contribution in [0, 0.1) is 0 Å². The summed E-state index contributed by atoms with van der Waals surface area (Å²) in [6.45, 7) is 2.45. The van der Waals surface area contributed by atoms with E-state index in [0.29, 0.717) is 58.3 Å². The van der Waals surface area contributed by atoms with E-state index in [-0.39, 0.29) is 11.8 Å². The standard InChI is InChI=1S/C26H19BrCl3N3O2/c27-17-6-4-16(5-7-17)24-23(21-9-8-19(29)15-22(21)30)31-25(35-24)26(34)33-12-10-32(11-13-33)20-3-1-2-18(28)14-20/h1-9,14-15H,10-13H2. The van der Waals surface area contributed by atoms with Gasteiger partial charge in [0.25, 0.3) is 5.89 Å². The third-order valence-corrected chi connectivity index (χ3v) is 7.15. The number of hydrogen-bond donors (Lipinski definition) is 0. The van der Waals surface area contributed by atoms with Crippen molar-refractivity contribution in [3.05, 3.63) is 92.2 Å². The highest BCUT2D eigenvalue weighted by Gasteiger charge is 2.28. The van der Waals surface area contributed by atoms with Gasteiger partial charge in [0.1, 0.15) is 5.69 Å². The number of aromatic nitrogens is 1. The van der Waals surface area contributed by atoms with E-state index in [1.54, 1.807) is 23.1 Å². The van der Waals surface area contributed by atoms with Crippen LogP contribution in [0.2, 0.25) is 15.1 Å². The predicted molar refractivity (Wildman–Crippen MR) is 145 cm³/mol. The Bertz CT molecular complexity index is 1380. The van der Waals surface area contributed by atoms with Crippen LogP contribution in [-0.4, -0.2) is 42.0 Å². The van der Waals surface area contributed by atoms with Crippen molar-refractivity contribution in [1.82, 2.24) is 9.88 Å². The lowest BCUT2D eigenvalue weighted by Gasteiger charge is -2.35. The molecule has 5 rings (SSSR count). The monoisotopic (exact) mass is 589 g/mol. The van der Waals surface area contributed by atoms with Crippen LogP contribution in [-0.2, 0) is 0 Å². The predicted octanol–water partition coefficient (Wildman–Crippen LogP) is 7.69. The minimum atomic E-state index is -0.259. The van der Waals surface area contributed by atoms with E-state index in [1.807, 2.05) is 48.5 Å². The zero-order chi connectivity index (χ0) is 24.5. The van der Waals surface area contributed by atoms with Crippen LogP contribution in [0.4, 0.5) is 5.69 Å². The lowest BCUT2D eigenvalue weighted by atomic mass is 10.1. The van der Waals surface area contributed by atoms with Crippen molar-refractivity contribution in [2.75, 3.05) is 31.1 Å². The van der Waals surface area contributed by atoms with Gasteiger partial charge in [0.05, 0.1) is 5.02 Å². The molecule has 1 aliphatic heterocycles. The van der Waals surface area contributed by atoms with Gasteiger partial charge in [0.2, 0.25) is 0 Å². The average molecular weight is 592 g/mol. The summed E-state index contributed by atoms with van der Waals surface area (Å²) in [7, 11) is 0. The average Bonchev–Trinajstić information content (AvgIpc) is 3.29. The van der Waals surface area contributed by atoms with Gasteiger partial charge in [-0.05, 0) is 48.5 Å². The first kappa shape index (κ1) is 24.2. The molecule has 0 unspecified atom stereocenters. The Balaban J connectivity index is 1.44. The molecule has 178 valence electrons. The zero-order valence-electron chi connectivity index (χ0n) is 18.3. The number of nitrogens with zero attached hydrogens (tertiary/aromatic N) is 3. The smallest absolute Gasteiger partial charge is 0.309 e. The Hall–Kier alpha value is -2.51. The highest BCUT2D eigenvalue weighted by molar-refractivity contribution is 9.10. The Morgan fingerprint density at radius 1 is 0.886 bits per heavy atom. The van der Waals surface area contributed by atoms with Crippen molar-refractivity contribution in [1.29, 1.82) is 0 Å². The lowest BCUT2D eigenvalue weighted by Crippen LogP contribution is -2.48. The first-order valence-corrected chi connectivity index (χ1v) is 12.8. The van der Waals surface area contributed by atoms with Crippen molar-refractivity contribution in [2.45, 2.75) is 0 Å². The van der Waals surface area contributed by atoms with Crippen LogP contribution in [0.5, 0.6) is 0 Å². The SMILES string of the molecule is O=C(c1nc(-c2ccc(Cl)cc2Cl)c(-c2ccc(Br)cc2)o1)N1CCN(c2cccc(Cl)c2)CC1. The van der Waals surface area contributed by atoms with E-state index in [0.717, 1.165) is 15.7 Å². The quantitative estimate of drug-likeness (QED) is 0.244. The molecular formula is C26H19BrCl3N3O2. The van der Waals surface area contributed by atoms with Gasteiger partial charge in [-0.3, -0.25) is 4.79 Å². The number of anilines is 1. The Kier molecular flexibility index (Phi) is 7.07. The molecule has 3 aromatic carbocycles. The number of piperazine rings is 1. The van der Waals surface area contributed by atoms with Gasteiger partial charge >= 0.3 is 5.91 Å². The maximum Gasteiger partial charge on any atom is 0.309 e. The van der Waals surface area contributed by atoms with Gasteiger partial charge in [0.15, 0.2) is 5.76 Å². The molecule has 0 N–H and O–H groups in total. The largest absolute Gasteiger partial charge is 0.432 e. The number of amides is 1. The highest BCUT2D eigenvalue weighted by Crippen LogP contribution is 2.38. The summed E-state index contributed by atoms with van der Waals surface area (Å²) >= 11 is 22.2. The molecule has 0 radical (unpaired) electrons. The second kappa shape index (κ2) is 10.2. The molecule has 35 heavy (non-hydrogen) atoms. The summed E-state index contributed by atoms with van der Waals surface area (Å²) in [5.41, 5.74) is 2.96. The molecule has 1 aliphatic rings. The summed E-state index contributed by atoms with van der Waals surface area (Å²) in [6, 6.07) is 20.5. The van der Waals surface area contributed by atoms with Gasteiger partial charge in [-0.25, -0.2) is 4.98 Å². The molecule has 0 aliphatic carbocycles. The summed E-state index contributed by atoms with van der Waals surface area (Å²) < 4.78 is 7.01. The molecule has 4 aromatic rings. The van der Waals surface area contributed by atoms with Crippen molar-refractivity contribution in [3.63, 3.8) is 0 Å².